The standard InChI is InChI=1S/C14H20BrNO/c1-9-6-12(9)8-16-10(2)11-4-5-14(17-3)13(15)7-11/h4-5,7,9-10,12,16H,6,8H2,1-3H3. The lowest BCUT2D eigenvalue weighted by Crippen LogP contribution is -2.21. The monoisotopic (exact) mass is 297 g/mol. The van der Waals surface area contributed by atoms with Gasteiger partial charge in [0, 0.05) is 6.04 Å². The molecule has 2 rings (SSSR count). The largest absolute Gasteiger partial charge is 0.496 e. The molecule has 1 aliphatic carbocycles. The van der Waals surface area contributed by atoms with Crippen LogP contribution in [-0.2, 0) is 0 Å². The van der Waals surface area contributed by atoms with Gasteiger partial charge in [0.25, 0.3) is 0 Å². The lowest BCUT2D eigenvalue weighted by Gasteiger charge is -2.15. The molecule has 1 aromatic carbocycles. The van der Waals surface area contributed by atoms with Crippen LogP contribution in [0.1, 0.15) is 31.9 Å². The summed E-state index contributed by atoms with van der Waals surface area (Å²) >= 11 is 3.52. The lowest BCUT2D eigenvalue weighted by molar-refractivity contribution is 0.411. The molecule has 0 radical (unpaired) electrons. The van der Waals surface area contributed by atoms with Crippen molar-refractivity contribution < 1.29 is 4.74 Å². The van der Waals surface area contributed by atoms with Crippen LogP contribution in [0.2, 0.25) is 0 Å². The summed E-state index contributed by atoms with van der Waals surface area (Å²) < 4.78 is 6.25. The van der Waals surface area contributed by atoms with E-state index in [-0.39, 0.29) is 0 Å². The average Bonchev–Trinajstić information content (AvgIpc) is 3.02. The Bertz CT molecular complexity index is 394. The summed E-state index contributed by atoms with van der Waals surface area (Å²) in [4.78, 5) is 0. The number of nitrogens with one attached hydrogen (secondary N) is 1. The Labute approximate surface area is 112 Å². The van der Waals surface area contributed by atoms with Gasteiger partial charge in [0.2, 0.25) is 0 Å². The molecule has 0 saturated heterocycles. The minimum Gasteiger partial charge on any atom is -0.496 e. The predicted octanol–water partition coefficient (Wildman–Crippen LogP) is 3.76. The second kappa shape index (κ2) is 5.40. The summed E-state index contributed by atoms with van der Waals surface area (Å²) in [7, 11) is 1.69. The molecule has 17 heavy (non-hydrogen) atoms. The third-order valence-corrected chi connectivity index (χ3v) is 4.26. The van der Waals surface area contributed by atoms with Crippen LogP contribution in [0.3, 0.4) is 0 Å². The number of hydrogen-bond acceptors (Lipinski definition) is 2. The van der Waals surface area contributed by atoms with Crippen molar-refractivity contribution in [1.29, 1.82) is 0 Å². The molecule has 0 spiro atoms. The van der Waals surface area contributed by atoms with Gasteiger partial charge in [0.15, 0.2) is 0 Å². The van der Waals surface area contributed by atoms with Gasteiger partial charge in [-0.25, -0.2) is 0 Å². The van der Waals surface area contributed by atoms with Gasteiger partial charge in [-0.3, -0.25) is 0 Å². The predicted molar refractivity (Wildman–Crippen MR) is 74.4 cm³/mol. The molecule has 0 aromatic heterocycles. The fourth-order valence-electron chi connectivity index (χ4n) is 2.08. The van der Waals surface area contributed by atoms with Gasteiger partial charge < -0.3 is 10.1 Å². The normalized spacial score (nSPS) is 24.5. The van der Waals surface area contributed by atoms with Crippen LogP contribution in [0.5, 0.6) is 5.75 Å². The van der Waals surface area contributed by atoms with E-state index in [1.807, 2.05) is 6.07 Å². The molecular formula is C14H20BrNO. The molecule has 3 atom stereocenters. The zero-order valence-electron chi connectivity index (χ0n) is 10.7. The van der Waals surface area contributed by atoms with Crippen molar-refractivity contribution in [3.63, 3.8) is 0 Å². The van der Waals surface area contributed by atoms with Gasteiger partial charge in [-0.05, 0) is 65.4 Å². The first-order valence-corrected chi connectivity index (χ1v) is 6.98. The van der Waals surface area contributed by atoms with Gasteiger partial charge in [-0.2, -0.15) is 0 Å². The molecule has 3 heteroatoms. The average molecular weight is 298 g/mol. The van der Waals surface area contributed by atoms with E-state index < -0.39 is 0 Å². The van der Waals surface area contributed by atoms with Crippen molar-refractivity contribution in [2.24, 2.45) is 11.8 Å². The van der Waals surface area contributed by atoms with Gasteiger partial charge in [0.05, 0.1) is 11.6 Å². The van der Waals surface area contributed by atoms with Crippen molar-refractivity contribution in [3.8, 4) is 5.75 Å². The molecule has 0 amide bonds. The van der Waals surface area contributed by atoms with E-state index in [0.29, 0.717) is 6.04 Å². The third-order valence-electron chi connectivity index (χ3n) is 3.64. The molecule has 1 aromatic rings. The Morgan fingerprint density at radius 1 is 1.53 bits per heavy atom. The zero-order valence-corrected chi connectivity index (χ0v) is 12.3. The molecule has 0 heterocycles. The molecule has 0 bridgehead atoms. The van der Waals surface area contributed by atoms with E-state index >= 15 is 0 Å². The molecule has 1 aliphatic rings. The maximum Gasteiger partial charge on any atom is 0.133 e. The van der Waals surface area contributed by atoms with Gasteiger partial charge >= 0.3 is 0 Å². The minimum atomic E-state index is 0.394. The lowest BCUT2D eigenvalue weighted by atomic mass is 10.1. The van der Waals surface area contributed by atoms with Crippen molar-refractivity contribution in [2.45, 2.75) is 26.3 Å². The van der Waals surface area contributed by atoms with Gasteiger partial charge in [-0.15, -0.1) is 0 Å². The van der Waals surface area contributed by atoms with E-state index in [4.69, 9.17) is 4.74 Å². The second-order valence-electron chi connectivity index (χ2n) is 5.00. The molecule has 94 valence electrons. The van der Waals surface area contributed by atoms with Gasteiger partial charge in [-0.1, -0.05) is 13.0 Å². The van der Waals surface area contributed by atoms with Crippen LogP contribution in [-0.4, -0.2) is 13.7 Å². The highest BCUT2D eigenvalue weighted by Crippen LogP contribution is 2.37. The second-order valence-corrected chi connectivity index (χ2v) is 5.85. The van der Waals surface area contributed by atoms with E-state index in [2.05, 4.69) is 47.2 Å². The molecular weight excluding hydrogens is 278 g/mol. The summed E-state index contributed by atoms with van der Waals surface area (Å²) in [5.41, 5.74) is 1.30. The number of ether oxygens (including phenoxy) is 1. The quantitative estimate of drug-likeness (QED) is 0.893. The first-order chi connectivity index (χ1) is 8.11. The number of halogens is 1. The summed E-state index contributed by atoms with van der Waals surface area (Å²) in [5, 5.41) is 3.59. The molecule has 0 aliphatic heterocycles. The molecule has 2 nitrogen and oxygen atoms in total. The smallest absolute Gasteiger partial charge is 0.133 e. The number of benzene rings is 1. The minimum absolute atomic E-state index is 0.394. The van der Waals surface area contributed by atoms with Crippen LogP contribution in [0.4, 0.5) is 0 Å². The molecule has 1 N–H and O–H groups in total. The Balaban J connectivity index is 1.93. The Morgan fingerprint density at radius 3 is 2.76 bits per heavy atom. The molecule has 3 unspecified atom stereocenters. The summed E-state index contributed by atoms with van der Waals surface area (Å²) in [6, 6.07) is 6.66. The van der Waals surface area contributed by atoms with Crippen LogP contribution in [0.15, 0.2) is 22.7 Å². The van der Waals surface area contributed by atoms with E-state index in [1.54, 1.807) is 7.11 Å². The van der Waals surface area contributed by atoms with Crippen LogP contribution in [0, 0.1) is 11.8 Å². The first-order valence-electron chi connectivity index (χ1n) is 6.18. The summed E-state index contributed by atoms with van der Waals surface area (Å²) in [6.45, 7) is 5.66. The van der Waals surface area contributed by atoms with Crippen LogP contribution in [0.25, 0.3) is 0 Å². The van der Waals surface area contributed by atoms with Crippen molar-refractivity contribution in [3.05, 3.63) is 28.2 Å². The topological polar surface area (TPSA) is 21.3 Å². The van der Waals surface area contributed by atoms with Crippen LogP contribution < -0.4 is 10.1 Å². The first kappa shape index (κ1) is 12.9. The fraction of sp³-hybridized carbons (Fsp3) is 0.571. The molecule has 1 saturated carbocycles. The maximum atomic E-state index is 5.23. The van der Waals surface area contributed by atoms with Crippen molar-refractivity contribution in [2.75, 3.05) is 13.7 Å². The highest BCUT2D eigenvalue weighted by molar-refractivity contribution is 9.10. The number of rotatable bonds is 5. The summed E-state index contributed by atoms with van der Waals surface area (Å²) in [5.74, 6) is 2.69. The fourth-order valence-corrected chi connectivity index (χ4v) is 2.64. The van der Waals surface area contributed by atoms with Crippen molar-refractivity contribution >= 4 is 15.9 Å². The highest BCUT2D eigenvalue weighted by Gasteiger charge is 2.32. The van der Waals surface area contributed by atoms with E-state index in [1.165, 1.54) is 12.0 Å². The SMILES string of the molecule is COc1ccc(C(C)NCC2CC2C)cc1Br. The van der Waals surface area contributed by atoms with Gasteiger partial charge in [0.1, 0.15) is 5.75 Å². The zero-order chi connectivity index (χ0) is 12.4. The third kappa shape index (κ3) is 3.23. The van der Waals surface area contributed by atoms with E-state index in [9.17, 15) is 0 Å². The van der Waals surface area contributed by atoms with Crippen LogP contribution >= 0.6 is 15.9 Å². The highest BCUT2D eigenvalue weighted by atomic mass is 79.9. The van der Waals surface area contributed by atoms with E-state index in [0.717, 1.165) is 28.6 Å². The Kier molecular flexibility index (Phi) is 4.10. The van der Waals surface area contributed by atoms with Crippen molar-refractivity contribution in [1.82, 2.24) is 5.32 Å². The Morgan fingerprint density at radius 2 is 2.24 bits per heavy atom. The summed E-state index contributed by atoms with van der Waals surface area (Å²) in [6.07, 6.45) is 1.38. The maximum absolute atomic E-state index is 5.23. The molecule has 1 fully saturated rings. The Hall–Kier alpha value is -0.540. The number of methoxy groups -OCH3 is 1. The number of hydrogen-bond donors (Lipinski definition) is 1.